The Bertz CT molecular complexity index is 1080. The lowest BCUT2D eigenvalue weighted by atomic mass is 10.1. The molecule has 0 saturated carbocycles. The van der Waals surface area contributed by atoms with Gasteiger partial charge in [-0.2, -0.15) is 5.10 Å². The number of carbonyl (C=O) groups is 1. The van der Waals surface area contributed by atoms with E-state index in [1.807, 2.05) is 26.1 Å². The van der Waals surface area contributed by atoms with E-state index in [1.54, 1.807) is 23.0 Å². The number of halogens is 2. The van der Waals surface area contributed by atoms with Crippen LogP contribution in [0, 0.1) is 13.8 Å². The van der Waals surface area contributed by atoms with Gasteiger partial charge in [0, 0.05) is 11.1 Å². The van der Waals surface area contributed by atoms with Crippen molar-refractivity contribution in [3.05, 3.63) is 62.2 Å². The van der Waals surface area contributed by atoms with Crippen LogP contribution in [0.15, 0.2) is 30.6 Å². The second kappa shape index (κ2) is 9.13. The van der Waals surface area contributed by atoms with E-state index in [-0.39, 0.29) is 0 Å². The molecule has 2 heterocycles. The molecule has 10 heteroatoms. The lowest BCUT2D eigenvalue weighted by Gasteiger charge is -2.09. The normalized spacial score (nSPS) is 10.7. The summed E-state index contributed by atoms with van der Waals surface area (Å²) in [5, 5.41) is 12.5. The SMILES string of the molecule is COC(=O)c1c(NC(=S)Nc2cnn(Cc3ccc(Cl)c(Cl)c3)c2)sc(C)c1C. The minimum absolute atomic E-state index is 0.352. The molecule has 29 heavy (non-hydrogen) atoms. The molecule has 0 bridgehead atoms. The van der Waals surface area contributed by atoms with Crippen molar-refractivity contribution in [3.8, 4) is 0 Å². The summed E-state index contributed by atoms with van der Waals surface area (Å²) >= 11 is 18.8. The van der Waals surface area contributed by atoms with Crippen LogP contribution in [-0.2, 0) is 11.3 Å². The average Bonchev–Trinajstić information content (AvgIpc) is 3.21. The van der Waals surface area contributed by atoms with Gasteiger partial charge >= 0.3 is 5.97 Å². The van der Waals surface area contributed by atoms with Crippen LogP contribution in [0.3, 0.4) is 0 Å². The van der Waals surface area contributed by atoms with Crippen molar-refractivity contribution in [1.82, 2.24) is 9.78 Å². The number of thiophene rings is 1. The van der Waals surface area contributed by atoms with Crippen LogP contribution in [0.1, 0.15) is 26.4 Å². The summed E-state index contributed by atoms with van der Waals surface area (Å²) in [6.07, 6.45) is 3.49. The highest BCUT2D eigenvalue weighted by Gasteiger charge is 2.20. The zero-order valence-corrected chi connectivity index (χ0v) is 19.0. The Morgan fingerprint density at radius 3 is 2.72 bits per heavy atom. The summed E-state index contributed by atoms with van der Waals surface area (Å²) in [6.45, 7) is 4.36. The number of carbonyl (C=O) groups excluding carboxylic acids is 1. The largest absolute Gasteiger partial charge is 0.465 e. The first kappa shape index (κ1) is 21.6. The maximum absolute atomic E-state index is 12.1. The van der Waals surface area contributed by atoms with Crippen molar-refractivity contribution in [2.75, 3.05) is 17.7 Å². The van der Waals surface area contributed by atoms with Crippen molar-refractivity contribution < 1.29 is 9.53 Å². The number of methoxy groups -OCH3 is 1. The van der Waals surface area contributed by atoms with Gasteiger partial charge in [-0.05, 0) is 49.3 Å². The van der Waals surface area contributed by atoms with Crippen LogP contribution in [0.25, 0.3) is 0 Å². The van der Waals surface area contributed by atoms with Crippen LogP contribution in [0.4, 0.5) is 10.7 Å². The number of ether oxygens (including phenoxy) is 1. The van der Waals surface area contributed by atoms with E-state index in [2.05, 4.69) is 15.7 Å². The zero-order valence-electron chi connectivity index (χ0n) is 15.9. The molecule has 1 aromatic carbocycles. The fourth-order valence-corrected chi connectivity index (χ4v) is 4.33. The molecule has 2 aromatic heterocycles. The molecule has 0 amide bonds. The molecule has 0 fully saturated rings. The number of aromatic nitrogens is 2. The number of aryl methyl sites for hydroxylation is 1. The summed E-state index contributed by atoms with van der Waals surface area (Å²) in [4.78, 5) is 13.1. The van der Waals surface area contributed by atoms with E-state index in [0.29, 0.717) is 38.0 Å². The number of hydrogen-bond donors (Lipinski definition) is 2. The molecule has 0 saturated heterocycles. The minimum atomic E-state index is -0.397. The van der Waals surface area contributed by atoms with Crippen molar-refractivity contribution in [2.45, 2.75) is 20.4 Å². The first-order valence-electron chi connectivity index (χ1n) is 8.51. The van der Waals surface area contributed by atoms with Crippen LogP contribution in [0.2, 0.25) is 10.0 Å². The van der Waals surface area contributed by atoms with Crippen molar-refractivity contribution in [2.24, 2.45) is 0 Å². The molecule has 0 aliphatic rings. The molecule has 0 radical (unpaired) electrons. The molecule has 3 aromatic rings. The van der Waals surface area contributed by atoms with Gasteiger partial charge in [-0.1, -0.05) is 29.3 Å². The summed E-state index contributed by atoms with van der Waals surface area (Å²) in [5.74, 6) is -0.397. The van der Waals surface area contributed by atoms with Crippen molar-refractivity contribution >= 4 is 68.5 Å². The molecule has 0 aliphatic heterocycles. The summed E-state index contributed by atoms with van der Waals surface area (Å²) in [6, 6.07) is 5.45. The quantitative estimate of drug-likeness (QED) is 0.379. The highest BCUT2D eigenvalue weighted by atomic mass is 35.5. The monoisotopic (exact) mass is 468 g/mol. The topological polar surface area (TPSA) is 68.2 Å². The molecular formula is C19H18Cl2N4O2S2. The van der Waals surface area contributed by atoms with E-state index in [1.165, 1.54) is 18.4 Å². The summed E-state index contributed by atoms with van der Waals surface area (Å²) < 4.78 is 6.63. The Labute approximate surface area is 187 Å². The van der Waals surface area contributed by atoms with E-state index >= 15 is 0 Å². The van der Waals surface area contributed by atoms with Crippen LogP contribution in [0.5, 0.6) is 0 Å². The van der Waals surface area contributed by atoms with Gasteiger partial charge < -0.3 is 15.4 Å². The number of anilines is 2. The number of nitrogens with zero attached hydrogens (tertiary/aromatic N) is 2. The van der Waals surface area contributed by atoms with E-state index < -0.39 is 5.97 Å². The Kier molecular flexibility index (Phi) is 6.79. The van der Waals surface area contributed by atoms with Crippen molar-refractivity contribution in [3.63, 3.8) is 0 Å². The summed E-state index contributed by atoms with van der Waals surface area (Å²) in [5.41, 5.74) is 3.06. The molecular weight excluding hydrogens is 451 g/mol. The molecule has 0 atom stereocenters. The van der Waals surface area contributed by atoms with Gasteiger partial charge in [-0.3, -0.25) is 4.68 Å². The van der Waals surface area contributed by atoms with E-state index in [4.69, 9.17) is 40.2 Å². The second-order valence-corrected chi connectivity index (χ2v) is 8.68. The third kappa shape index (κ3) is 5.08. The van der Waals surface area contributed by atoms with Gasteiger partial charge in [-0.25, -0.2) is 4.79 Å². The summed E-state index contributed by atoms with van der Waals surface area (Å²) in [7, 11) is 1.36. The average molecular weight is 469 g/mol. The molecule has 0 unspecified atom stereocenters. The number of benzene rings is 1. The van der Waals surface area contributed by atoms with Gasteiger partial charge in [-0.15, -0.1) is 11.3 Å². The molecule has 0 spiro atoms. The highest BCUT2D eigenvalue weighted by Crippen LogP contribution is 2.33. The maximum atomic E-state index is 12.1. The van der Waals surface area contributed by atoms with E-state index in [9.17, 15) is 4.79 Å². The Morgan fingerprint density at radius 1 is 1.28 bits per heavy atom. The molecule has 6 nitrogen and oxygen atoms in total. The lowest BCUT2D eigenvalue weighted by molar-refractivity contribution is 0.0601. The van der Waals surface area contributed by atoms with Gasteiger partial charge in [0.15, 0.2) is 5.11 Å². The van der Waals surface area contributed by atoms with Gasteiger partial charge in [0.25, 0.3) is 0 Å². The van der Waals surface area contributed by atoms with E-state index in [0.717, 1.165) is 16.0 Å². The van der Waals surface area contributed by atoms with Crippen LogP contribution in [-0.4, -0.2) is 28.0 Å². The number of nitrogens with one attached hydrogen (secondary N) is 2. The van der Waals surface area contributed by atoms with Gasteiger partial charge in [0.1, 0.15) is 5.00 Å². The Hall–Kier alpha value is -2.13. The first-order chi connectivity index (χ1) is 13.8. The van der Waals surface area contributed by atoms with Crippen LogP contribution < -0.4 is 10.6 Å². The fraction of sp³-hybridized carbons (Fsp3) is 0.211. The lowest BCUT2D eigenvalue weighted by Crippen LogP contribution is -2.19. The molecule has 152 valence electrons. The van der Waals surface area contributed by atoms with Gasteiger partial charge in [0.2, 0.25) is 0 Å². The molecule has 0 aliphatic carbocycles. The fourth-order valence-electron chi connectivity index (χ4n) is 2.67. The number of rotatable bonds is 5. The second-order valence-electron chi connectivity index (χ2n) is 6.23. The van der Waals surface area contributed by atoms with Crippen molar-refractivity contribution in [1.29, 1.82) is 0 Å². The predicted octanol–water partition coefficient (Wildman–Crippen LogP) is 5.51. The number of hydrogen-bond acceptors (Lipinski definition) is 5. The maximum Gasteiger partial charge on any atom is 0.341 e. The third-order valence-electron chi connectivity index (χ3n) is 4.22. The Morgan fingerprint density at radius 2 is 2.03 bits per heavy atom. The first-order valence-corrected chi connectivity index (χ1v) is 10.5. The highest BCUT2D eigenvalue weighted by molar-refractivity contribution is 7.80. The zero-order chi connectivity index (χ0) is 21.1. The Balaban J connectivity index is 1.67. The van der Waals surface area contributed by atoms with Crippen LogP contribution >= 0.6 is 46.8 Å². The predicted molar refractivity (Wildman–Crippen MR) is 123 cm³/mol. The minimum Gasteiger partial charge on any atom is -0.465 e. The van der Waals surface area contributed by atoms with Gasteiger partial charge in [0.05, 0.1) is 41.1 Å². The standard InChI is InChI=1S/C19H18Cl2N4O2S2/c1-10-11(2)29-17(16(10)18(26)27-3)24-19(28)23-13-7-22-25(9-13)8-12-4-5-14(20)15(21)6-12/h4-7,9H,8H2,1-3H3,(H2,23,24,28). The smallest absolute Gasteiger partial charge is 0.341 e. The number of esters is 1. The molecule has 2 N–H and O–H groups in total. The molecule has 3 rings (SSSR count). The number of thiocarbonyl (C=S) groups is 1. The third-order valence-corrected chi connectivity index (χ3v) is 6.29.